The van der Waals surface area contributed by atoms with E-state index in [2.05, 4.69) is 11.4 Å². The third-order valence-corrected chi connectivity index (χ3v) is 2.50. The number of nitrogens with zero attached hydrogens (tertiary/aromatic N) is 2. The van der Waals surface area contributed by atoms with Crippen molar-refractivity contribution in [2.24, 2.45) is 0 Å². The summed E-state index contributed by atoms with van der Waals surface area (Å²) in [6.45, 7) is 4.15. The van der Waals surface area contributed by atoms with Crippen LogP contribution in [0.25, 0.3) is 0 Å². The minimum absolute atomic E-state index is 0.0467. The van der Waals surface area contributed by atoms with E-state index >= 15 is 0 Å². The zero-order valence-electron chi connectivity index (χ0n) is 7.51. The Morgan fingerprint density at radius 1 is 1.54 bits per heavy atom. The van der Waals surface area contributed by atoms with Gasteiger partial charge in [0.1, 0.15) is 18.4 Å². The number of nitrogens with one attached hydrogen (secondary N) is 1. The lowest BCUT2D eigenvalue weighted by Gasteiger charge is -1.96. The number of hydrogen-bond acceptors (Lipinski definition) is 2. The van der Waals surface area contributed by atoms with Gasteiger partial charge in [-0.1, -0.05) is 0 Å². The second-order valence-electron chi connectivity index (χ2n) is 3.18. The highest BCUT2D eigenvalue weighted by atomic mass is 16.2. The lowest BCUT2D eigenvalue weighted by atomic mass is 10.2. The van der Waals surface area contributed by atoms with Crippen LogP contribution in [0, 0.1) is 25.2 Å². The van der Waals surface area contributed by atoms with Crippen LogP contribution in [-0.2, 0) is 11.3 Å². The Hall–Kier alpha value is -1.76. The van der Waals surface area contributed by atoms with Crippen molar-refractivity contribution in [2.45, 2.75) is 20.4 Å². The number of fused-ring (bicyclic) bond motifs is 1. The molecule has 1 aliphatic rings. The van der Waals surface area contributed by atoms with E-state index in [1.807, 2.05) is 18.4 Å². The number of hydrogen-bond donors (Lipinski definition) is 1. The van der Waals surface area contributed by atoms with Crippen LogP contribution in [-0.4, -0.2) is 10.5 Å². The van der Waals surface area contributed by atoms with Gasteiger partial charge in [0.25, 0.3) is 0 Å². The molecule has 0 bridgehead atoms. The molecule has 0 aromatic carbocycles. The molecule has 0 atom stereocenters. The van der Waals surface area contributed by atoms with E-state index in [4.69, 9.17) is 5.26 Å². The summed E-state index contributed by atoms with van der Waals surface area (Å²) in [6, 6.07) is 2.10. The van der Waals surface area contributed by atoms with Gasteiger partial charge in [-0.3, -0.25) is 4.79 Å². The molecule has 1 amide bonds. The maximum absolute atomic E-state index is 11.1. The molecule has 0 saturated heterocycles. The Labute approximate surface area is 75.8 Å². The summed E-state index contributed by atoms with van der Waals surface area (Å²) in [5.74, 6) is 0.608. The maximum Gasteiger partial charge on any atom is 0.245 e. The van der Waals surface area contributed by atoms with E-state index in [9.17, 15) is 4.79 Å². The van der Waals surface area contributed by atoms with Gasteiger partial charge in [0.05, 0.1) is 5.56 Å². The van der Waals surface area contributed by atoms with Gasteiger partial charge >= 0.3 is 0 Å². The minimum atomic E-state index is -0.0467. The molecule has 4 nitrogen and oxygen atoms in total. The van der Waals surface area contributed by atoms with Crippen molar-refractivity contribution in [3.05, 3.63) is 16.8 Å². The number of nitriles is 1. The molecule has 0 saturated carbocycles. The van der Waals surface area contributed by atoms with Gasteiger partial charge in [-0.05, 0) is 19.4 Å². The third-order valence-electron chi connectivity index (χ3n) is 2.50. The molecule has 2 rings (SSSR count). The molecular weight excluding hydrogens is 166 g/mol. The van der Waals surface area contributed by atoms with Crippen LogP contribution < -0.4 is 5.32 Å². The molecule has 0 spiro atoms. The number of aromatic nitrogens is 1. The van der Waals surface area contributed by atoms with E-state index in [1.54, 1.807) is 0 Å². The van der Waals surface area contributed by atoms with Crippen LogP contribution >= 0.6 is 0 Å². The highest BCUT2D eigenvalue weighted by molar-refractivity contribution is 5.95. The third kappa shape index (κ3) is 0.872. The first-order chi connectivity index (χ1) is 6.15. The fraction of sp³-hybridized carbons (Fsp3) is 0.333. The number of amides is 1. The minimum Gasteiger partial charge on any atom is -0.321 e. The van der Waals surface area contributed by atoms with E-state index in [0.29, 0.717) is 17.9 Å². The highest BCUT2D eigenvalue weighted by Crippen LogP contribution is 2.29. The number of anilines is 1. The van der Waals surface area contributed by atoms with Crippen LogP contribution in [0.2, 0.25) is 0 Å². The largest absolute Gasteiger partial charge is 0.321 e. The predicted octanol–water partition coefficient (Wildman–Crippen LogP) is 0.929. The predicted molar refractivity (Wildman–Crippen MR) is 47.3 cm³/mol. The first-order valence-corrected chi connectivity index (χ1v) is 4.04. The molecule has 1 N–H and O–H groups in total. The summed E-state index contributed by atoms with van der Waals surface area (Å²) < 4.78 is 1.84. The Morgan fingerprint density at radius 3 is 2.85 bits per heavy atom. The molecule has 4 heteroatoms. The monoisotopic (exact) mass is 175 g/mol. The molecule has 0 fully saturated rings. The van der Waals surface area contributed by atoms with Gasteiger partial charge < -0.3 is 9.88 Å². The molecule has 1 aromatic heterocycles. The maximum atomic E-state index is 11.1. The Balaban J connectivity index is 2.70. The fourth-order valence-electron chi connectivity index (χ4n) is 1.64. The molecule has 1 aromatic rings. The van der Waals surface area contributed by atoms with E-state index in [-0.39, 0.29) is 5.91 Å². The van der Waals surface area contributed by atoms with Crippen LogP contribution in [0.5, 0.6) is 0 Å². The Kier molecular flexibility index (Phi) is 1.43. The Morgan fingerprint density at radius 2 is 2.23 bits per heavy atom. The molecule has 1 aliphatic heterocycles. The SMILES string of the molecule is Cc1c(C#N)c2n(c1C)CC(=O)N2. The molecule has 2 heterocycles. The molecule has 66 valence electrons. The summed E-state index contributed by atoms with van der Waals surface area (Å²) in [5, 5.41) is 11.5. The van der Waals surface area contributed by atoms with Gasteiger partial charge in [0, 0.05) is 5.69 Å². The summed E-state index contributed by atoms with van der Waals surface area (Å²) in [5.41, 5.74) is 2.53. The van der Waals surface area contributed by atoms with Crippen molar-refractivity contribution in [1.29, 1.82) is 5.26 Å². The van der Waals surface area contributed by atoms with Crippen LogP contribution in [0.15, 0.2) is 0 Å². The van der Waals surface area contributed by atoms with Crippen LogP contribution in [0.1, 0.15) is 16.8 Å². The topological polar surface area (TPSA) is 57.8 Å². The lowest BCUT2D eigenvalue weighted by molar-refractivity contribution is -0.115. The quantitative estimate of drug-likeness (QED) is 0.637. The van der Waals surface area contributed by atoms with Gasteiger partial charge in [-0.2, -0.15) is 5.26 Å². The number of carbonyl (C=O) groups is 1. The average Bonchev–Trinajstić information content (AvgIpc) is 2.54. The first kappa shape index (κ1) is 7.87. The van der Waals surface area contributed by atoms with Gasteiger partial charge in [0.2, 0.25) is 5.91 Å². The number of carbonyl (C=O) groups excluding carboxylic acids is 1. The first-order valence-electron chi connectivity index (χ1n) is 4.04. The van der Waals surface area contributed by atoms with Crippen molar-refractivity contribution < 1.29 is 4.79 Å². The van der Waals surface area contributed by atoms with Crippen LogP contribution in [0.4, 0.5) is 5.82 Å². The fourth-order valence-corrected chi connectivity index (χ4v) is 1.64. The standard InChI is InChI=1S/C9H9N3O/c1-5-6(2)12-4-8(13)11-9(12)7(5)3-10/h4H2,1-2H3,(H,11,13). The van der Waals surface area contributed by atoms with Crippen molar-refractivity contribution in [2.75, 3.05) is 5.32 Å². The lowest BCUT2D eigenvalue weighted by Crippen LogP contribution is -2.07. The second-order valence-corrected chi connectivity index (χ2v) is 3.18. The zero-order valence-corrected chi connectivity index (χ0v) is 7.51. The average molecular weight is 175 g/mol. The summed E-state index contributed by atoms with van der Waals surface area (Å²) in [7, 11) is 0. The Bertz CT molecular complexity index is 437. The molecule has 0 aliphatic carbocycles. The summed E-state index contributed by atoms with van der Waals surface area (Å²) in [4.78, 5) is 11.1. The van der Waals surface area contributed by atoms with Crippen molar-refractivity contribution in [1.82, 2.24) is 4.57 Å². The molecular formula is C9H9N3O. The smallest absolute Gasteiger partial charge is 0.245 e. The van der Waals surface area contributed by atoms with Gasteiger partial charge in [-0.15, -0.1) is 0 Å². The van der Waals surface area contributed by atoms with E-state index < -0.39 is 0 Å². The normalized spacial score (nSPS) is 13.8. The molecule has 0 unspecified atom stereocenters. The number of rotatable bonds is 0. The van der Waals surface area contributed by atoms with E-state index in [0.717, 1.165) is 11.3 Å². The van der Waals surface area contributed by atoms with Gasteiger partial charge in [0.15, 0.2) is 0 Å². The van der Waals surface area contributed by atoms with Crippen LogP contribution in [0.3, 0.4) is 0 Å². The summed E-state index contributed by atoms with van der Waals surface area (Å²) in [6.07, 6.45) is 0. The van der Waals surface area contributed by atoms with Crippen molar-refractivity contribution in [3.63, 3.8) is 0 Å². The van der Waals surface area contributed by atoms with Crippen molar-refractivity contribution >= 4 is 11.7 Å². The summed E-state index contributed by atoms with van der Waals surface area (Å²) >= 11 is 0. The van der Waals surface area contributed by atoms with E-state index in [1.165, 1.54) is 0 Å². The zero-order chi connectivity index (χ0) is 9.59. The second kappa shape index (κ2) is 2.36. The van der Waals surface area contributed by atoms with Crippen molar-refractivity contribution in [3.8, 4) is 6.07 Å². The van der Waals surface area contributed by atoms with Gasteiger partial charge in [-0.25, -0.2) is 0 Å². The molecule has 13 heavy (non-hydrogen) atoms. The highest BCUT2D eigenvalue weighted by Gasteiger charge is 2.25. The molecule has 0 radical (unpaired) electrons.